The van der Waals surface area contributed by atoms with E-state index in [4.69, 9.17) is 9.47 Å². The predicted octanol–water partition coefficient (Wildman–Crippen LogP) is 6.38. The highest BCUT2D eigenvalue weighted by Crippen LogP contribution is 2.28. The molecule has 1 fully saturated rings. The molecule has 3 rings (SSSR count). The molecule has 1 aromatic carbocycles. The number of hydrogen-bond acceptors (Lipinski definition) is 4. The first kappa shape index (κ1) is 21.8. The molecular formula is C25H36N2O2. The highest BCUT2D eigenvalue weighted by molar-refractivity contribution is 5.55. The third-order valence-corrected chi connectivity index (χ3v) is 5.58. The molecule has 0 radical (unpaired) electrons. The standard InChI is InChI=1S/C25H36N2O2/c1-3-5-7-8-9-10-11-20-17-26-25(27-18-20)21-13-15-22(16-14-21)28-19-24-23(29-24)12-6-4-2/h13-18,23-24H,3-12,19H2,1-2H3. The Hall–Kier alpha value is -1.94. The average molecular weight is 397 g/mol. The summed E-state index contributed by atoms with van der Waals surface area (Å²) in [4.78, 5) is 9.12. The Morgan fingerprint density at radius 1 is 0.828 bits per heavy atom. The van der Waals surface area contributed by atoms with Crippen LogP contribution < -0.4 is 4.74 Å². The fraction of sp³-hybridized carbons (Fsp3) is 0.600. The van der Waals surface area contributed by atoms with Crippen molar-refractivity contribution in [1.29, 1.82) is 0 Å². The highest BCUT2D eigenvalue weighted by atomic mass is 16.6. The SMILES string of the molecule is CCCCCCCCc1cnc(-c2ccc(OCC3OC3CCCC)cc2)nc1. The molecule has 158 valence electrons. The third kappa shape index (κ3) is 7.43. The van der Waals surface area contributed by atoms with Gasteiger partial charge in [0.2, 0.25) is 0 Å². The smallest absolute Gasteiger partial charge is 0.159 e. The minimum Gasteiger partial charge on any atom is -0.491 e. The van der Waals surface area contributed by atoms with E-state index >= 15 is 0 Å². The van der Waals surface area contributed by atoms with Crippen LogP contribution in [0.2, 0.25) is 0 Å². The molecule has 0 amide bonds. The summed E-state index contributed by atoms with van der Waals surface area (Å²) in [5, 5.41) is 0. The second-order valence-electron chi connectivity index (χ2n) is 8.12. The van der Waals surface area contributed by atoms with Crippen molar-refractivity contribution in [2.24, 2.45) is 0 Å². The van der Waals surface area contributed by atoms with E-state index in [0.29, 0.717) is 12.7 Å². The summed E-state index contributed by atoms with van der Waals surface area (Å²) < 4.78 is 11.5. The minimum atomic E-state index is 0.267. The molecule has 0 aliphatic carbocycles. The molecule has 4 nitrogen and oxygen atoms in total. The zero-order chi connectivity index (χ0) is 20.3. The number of epoxide rings is 1. The van der Waals surface area contributed by atoms with Crippen LogP contribution in [-0.4, -0.2) is 28.8 Å². The molecule has 0 N–H and O–H groups in total. The number of aromatic nitrogens is 2. The Kier molecular flexibility index (Phi) is 8.94. The normalized spacial score (nSPS) is 18.0. The third-order valence-electron chi connectivity index (χ3n) is 5.58. The first-order valence-corrected chi connectivity index (χ1v) is 11.5. The van der Waals surface area contributed by atoms with E-state index in [9.17, 15) is 0 Å². The van der Waals surface area contributed by atoms with Crippen molar-refractivity contribution < 1.29 is 9.47 Å². The minimum absolute atomic E-state index is 0.267. The van der Waals surface area contributed by atoms with Crippen LogP contribution in [0, 0.1) is 0 Å². The fourth-order valence-corrected chi connectivity index (χ4v) is 3.61. The zero-order valence-corrected chi connectivity index (χ0v) is 18.1. The van der Waals surface area contributed by atoms with Crippen LogP contribution in [0.5, 0.6) is 5.75 Å². The van der Waals surface area contributed by atoms with E-state index in [1.807, 2.05) is 36.7 Å². The van der Waals surface area contributed by atoms with Gasteiger partial charge in [0, 0.05) is 18.0 Å². The average Bonchev–Trinajstić information content (AvgIpc) is 3.52. The lowest BCUT2D eigenvalue weighted by Gasteiger charge is -2.06. The summed E-state index contributed by atoms with van der Waals surface area (Å²) >= 11 is 0. The Bertz CT molecular complexity index is 700. The van der Waals surface area contributed by atoms with E-state index in [1.54, 1.807) is 0 Å². The highest BCUT2D eigenvalue weighted by Gasteiger charge is 2.38. The maximum Gasteiger partial charge on any atom is 0.159 e. The summed E-state index contributed by atoms with van der Waals surface area (Å²) in [5.74, 6) is 1.64. The molecule has 0 bridgehead atoms. The van der Waals surface area contributed by atoms with Gasteiger partial charge in [-0.2, -0.15) is 0 Å². The van der Waals surface area contributed by atoms with Crippen LogP contribution >= 0.6 is 0 Å². The molecule has 1 aliphatic rings. The van der Waals surface area contributed by atoms with E-state index in [-0.39, 0.29) is 6.10 Å². The first-order chi connectivity index (χ1) is 14.3. The Morgan fingerprint density at radius 3 is 2.24 bits per heavy atom. The largest absolute Gasteiger partial charge is 0.491 e. The van der Waals surface area contributed by atoms with Gasteiger partial charge < -0.3 is 9.47 Å². The molecule has 1 aromatic heterocycles. The van der Waals surface area contributed by atoms with Crippen molar-refractivity contribution in [1.82, 2.24) is 9.97 Å². The van der Waals surface area contributed by atoms with E-state index < -0.39 is 0 Å². The molecule has 2 heterocycles. The monoisotopic (exact) mass is 396 g/mol. The summed E-state index contributed by atoms with van der Waals surface area (Å²) in [7, 11) is 0. The van der Waals surface area contributed by atoms with Crippen molar-refractivity contribution >= 4 is 0 Å². The molecule has 4 heteroatoms. The number of hydrogen-bond donors (Lipinski definition) is 0. The van der Waals surface area contributed by atoms with Crippen molar-refractivity contribution in [3.8, 4) is 17.1 Å². The number of aryl methyl sites for hydroxylation is 1. The van der Waals surface area contributed by atoms with Gasteiger partial charge in [-0.1, -0.05) is 58.8 Å². The summed E-state index contributed by atoms with van der Waals surface area (Å²) in [6.07, 6.45) is 17.2. The number of ether oxygens (including phenoxy) is 2. The molecule has 2 aromatic rings. The number of benzene rings is 1. The van der Waals surface area contributed by atoms with Crippen molar-refractivity contribution in [2.45, 2.75) is 90.3 Å². The Morgan fingerprint density at radius 2 is 1.52 bits per heavy atom. The lowest BCUT2D eigenvalue weighted by Crippen LogP contribution is -2.07. The second kappa shape index (κ2) is 11.9. The van der Waals surface area contributed by atoms with Crippen molar-refractivity contribution in [3.05, 3.63) is 42.2 Å². The summed E-state index contributed by atoms with van der Waals surface area (Å²) in [5.41, 5.74) is 2.25. The second-order valence-corrected chi connectivity index (χ2v) is 8.12. The number of nitrogens with zero attached hydrogens (tertiary/aromatic N) is 2. The Balaban J connectivity index is 1.39. The predicted molar refractivity (Wildman–Crippen MR) is 118 cm³/mol. The van der Waals surface area contributed by atoms with Crippen LogP contribution in [0.15, 0.2) is 36.7 Å². The number of unbranched alkanes of at least 4 members (excludes halogenated alkanes) is 6. The molecule has 2 atom stereocenters. The topological polar surface area (TPSA) is 47.5 Å². The van der Waals surface area contributed by atoms with Crippen LogP contribution in [0.4, 0.5) is 0 Å². The molecule has 1 saturated heterocycles. The van der Waals surface area contributed by atoms with E-state index in [0.717, 1.165) is 30.0 Å². The van der Waals surface area contributed by atoms with Gasteiger partial charge in [-0.25, -0.2) is 9.97 Å². The molecule has 2 unspecified atom stereocenters. The van der Waals surface area contributed by atoms with E-state index in [1.165, 1.54) is 56.9 Å². The van der Waals surface area contributed by atoms with Crippen LogP contribution in [0.3, 0.4) is 0 Å². The van der Waals surface area contributed by atoms with Crippen LogP contribution in [-0.2, 0) is 11.2 Å². The van der Waals surface area contributed by atoms with Gasteiger partial charge in [0.1, 0.15) is 18.5 Å². The molecule has 0 spiro atoms. The van der Waals surface area contributed by atoms with Gasteiger partial charge in [0.15, 0.2) is 5.82 Å². The van der Waals surface area contributed by atoms with Crippen LogP contribution in [0.25, 0.3) is 11.4 Å². The maximum absolute atomic E-state index is 5.86. The van der Waals surface area contributed by atoms with Gasteiger partial charge in [-0.05, 0) is 49.1 Å². The Labute approximate surface area is 176 Å². The number of rotatable bonds is 14. The molecular weight excluding hydrogens is 360 g/mol. The van der Waals surface area contributed by atoms with Gasteiger partial charge in [-0.3, -0.25) is 0 Å². The summed E-state index contributed by atoms with van der Waals surface area (Å²) in [6.45, 7) is 5.10. The van der Waals surface area contributed by atoms with Crippen molar-refractivity contribution in [3.63, 3.8) is 0 Å². The first-order valence-electron chi connectivity index (χ1n) is 11.5. The summed E-state index contributed by atoms with van der Waals surface area (Å²) in [6, 6.07) is 8.04. The molecule has 29 heavy (non-hydrogen) atoms. The maximum atomic E-state index is 5.86. The molecule has 1 aliphatic heterocycles. The van der Waals surface area contributed by atoms with Crippen LogP contribution in [0.1, 0.15) is 77.2 Å². The van der Waals surface area contributed by atoms with E-state index in [2.05, 4.69) is 23.8 Å². The zero-order valence-electron chi connectivity index (χ0n) is 18.1. The van der Waals surface area contributed by atoms with Gasteiger partial charge in [0.25, 0.3) is 0 Å². The van der Waals surface area contributed by atoms with Gasteiger partial charge in [-0.15, -0.1) is 0 Å². The molecule has 0 saturated carbocycles. The van der Waals surface area contributed by atoms with Gasteiger partial charge in [0.05, 0.1) is 6.10 Å². The lowest BCUT2D eigenvalue weighted by atomic mass is 10.1. The van der Waals surface area contributed by atoms with Gasteiger partial charge >= 0.3 is 0 Å². The quantitative estimate of drug-likeness (QED) is 0.274. The fourth-order valence-electron chi connectivity index (χ4n) is 3.61. The lowest BCUT2D eigenvalue weighted by molar-refractivity contribution is 0.259. The van der Waals surface area contributed by atoms with Crippen molar-refractivity contribution in [2.75, 3.05) is 6.61 Å².